The van der Waals surface area contributed by atoms with Crippen LogP contribution in [0.4, 0.5) is 5.69 Å². The van der Waals surface area contributed by atoms with Crippen molar-refractivity contribution in [3.63, 3.8) is 0 Å². The lowest BCUT2D eigenvalue weighted by Gasteiger charge is -2.07. The number of carbonyl (C=O) groups excluding carboxylic acids is 1. The summed E-state index contributed by atoms with van der Waals surface area (Å²) in [5, 5.41) is 21.3. The van der Waals surface area contributed by atoms with Crippen LogP contribution in [-0.4, -0.2) is 17.6 Å². The van der Waals surface area contributed by atoms with Gasteiger partial charge in [0.15, 0.2) is 0 Å². The minimum Gasteiger partial charge on any atom is -0.508 e. The number of anilines is 1. The zero-order valence-electron chi connectivity index (χ0n) is 12.6. The maximum absolute atomic E-state index is 12.2. The number of benzene rings is 2. The van der Waals surface area contributed by atoms with Gasteiger partial charge in [-0.3, -0.25) is 4.79 Å². The van der Waals surface area contributed by atoms with Gasteiger partial charge >= 0.3 is 0 Å². The first-order valence-electron chi connectivity index (χ1n) is 7.07. The largest absolute Gasteiger partial charge is 0.508 e. The SMILES string of the molecule is CCOc1cccc(NC(=O)C(C#N)=Cc2cccc(O)c2)c1. The third-order valence-electron chi connectivity index (χ3n) is 2.95. The third kappa shape index (κ3) is 4.61. The van der Waals surface area contributed by atoms with Gasteiger partial charge in [-0.25, -0.2) is 0 Å². The summed E-state index contributed by atoms with van der Waals surface area (Å²) in [4.78, 5) is 12.2. The summed E-state index contributed by atoms with van der Waals surface area (Å²) in [7, 11) is 0. The molecule has 0 radical (unpaired) electrons. The summed E-state index contributed by atoms with van der Waals surface area (Å²) < 4.78 is 5.37. The first-order valence-corrected chi connectivity index (χ1v) is 7.07. The molecular formula is C18H16N2O3. The molecular weight excluding hydrogens is 292 g/mol. The Bertz CT molecular complexity index is 776. The average Bonchev–Trinajstić information content (AvgIpc) is 2.53. The van der Waals surface area contributed by atoms with Crippen LogP contribution >= 0.6 is 0 Å². The summed E-state index contributed by atoms with van der Waals surface area (Å²) in [6.07, 6.45) is 1.42. The topological polar surface area (TPSA) is 82.3 Å². The fraction of sp³-hybridized carbons (Fsp3) is 0.111. The van der Waals surface area contributed by atoms with Gasteiger partial charge in [-0.1, -0.05) is 18.2 Å². The normalized spacial score (nSPS) is 10.7. The van der Waals surface area contributed by atoms with E-state index in [2.05, 4.69) is 5.32 Å². The Labute approximate surface area is 134 Å². The number of hydrogen-bond donors (Lipinski definition) is 2. The maximum atomic E-state index is 12.2. The van der Waals surface area contributed by atoms with Gasteiger partial charge in [0, 0.05) is 11.8 Å². The number of rotatable bonds is 5. The van der Waals surface area contributed by atoms with Gasteiger partial charge in [-0.05, 0) is 42.8 Å². The van der Waals surface area contributed by atoms with Gasteiger partial charge in [0.1, 0.15) is 23.1 Å². The van der Waals surface area contributed by atoms with E-state index in [0.29, 0.717) is 23.6 Å². The molecule has 0 aromatic heterocycles. The van der Waals surface area contributed by atoms with E-state index in [1.807, 2.05) is 13.0 Å². The van der Waals surface area contributed by atoms with E-state index in [1.54, 1.807) is 36.4 Å². The van der Waals surface area contributed by atoms with Crippen molar-refractivity contribution >= 4 is 17.7 Å². The maximum Gasteiger partial charge on any atom is 0.266 e. The fourth-order valence-corrected chi connectivity index (χ4v) is 1.96. The van der Waals surface area contributed by atoms with Crippen LogP contribution in [0.3, 0.4) is 0 Å². The fourth-order valence-electron chi connectivity index (χ4n) is 1.96. The number of aromatic hydroxyl groups is 1. The standard InChI is InChI=1S/C18H16N2O3/c1-2-23-17-8-4-6-15(11-17)20-18(22)14(12-19)9-13-5-3-7-16(21)10-13/h3-11,21H,2H2,1H3,(H,20,22). The van der Waals surface area contributed by atoms with Crippen LogP contribution < -0.4 is 10.1 Å². The molecule has 0 atom stereocenters. The Hall–Kier alpha value is -3.26. The van der Waals surface area contributed by atoms with Crippen LogP contribution in [0.5, 0.6) is 11.5 Å². The van der Waals surface area contributed by atoms with Gasteiger partial charge in [0.05, 0.1) is 6.61 Å². The quantitative estimate of drug-likeness (QED) is 0.655. The number of hydrogen-bond acceptors (Lipinski definition) is 4. The molecule has 0 aliphatic rings. The van der Waals surface area contributed by atoms with E-state index in [4.69, 9.17) is 4.74 Å². The number of nitrogens with one attached hydrogen (secondary N) is 1. The van der Waals surface area contributed by atoms with Crippen molar-refractivity contribution in [2.45, 2.75) is 6.92 Å². The minimum absolute atomic E-state index is 0.0580. The highest BCUT2D eigenvalue weighted by molar-refractivity contribution is 6.09. The lowest BCUT2D eigenvalue weighted by Crippen LogP contribution is -2.13. The van der Waals surface area contributed by atoms with Crippen molar-refractivity contribution in [1.29, 1.82) is 5.26 Å². The van der Waals surface area contributed by atoms with Crippen LogP contribution in [-0.2, 0) is 4.79 Å². The Morgan fingerprint density at radius 1 is 1.30 bits per heavy atom. The summed E-state index contributed by atoms with van der Waals surface area (Å²) in [5.41, 5.74) is 1.05. The number of ether oxygens (including phenoxy) is 1. The number of phenols is 1. The number of amides is 1. The number of nitriles is 1. The lowest BCUT2D eigenvalue weighted by atomic mass is 10.1. The zero-order valence-corrected chi connectivity index (χ0v) is 12.6. The van der Waals surface area contributed by atoms with E-state index >= 15 is 0 Å². The van der Waals surface area contributed by atoms with Gasteiger partial charge < -0.3 is 15.2 Å². The average molecular weight is 308 g/mol. The van der Waals surface area contributed by atoms with Crippen molar-refractivity contribution < 1.29 is 14.6 Å². The second kappa shape index (κ2) is 7.66. The van der Waals surface area contributed by atoms with E-state index in [0.717, 1.165) is 0 Å². The molecule has 0 fully saturated rings. The third-order valence-corrected chi connectivity index (χ3v) is 2.95. The van der Waals surface area contributed by atoms with E-state index in [-0.39, 0.29) is 11.3 Å². The highest BCUT2D eigenvalue weighted by Gasteiger charge is 2.10. The molecule has 5 heteroatoms. The first-order chi connectivity index (χ1) is 11.1. The Morgan fingerprint density at radius 2 is 2.09 bits per heavy atom. The predicted octanol–water partition coefficient (Wildman–Crippen LogP) is 3.34. The molecule has 116 valence electrons. The van der Waals surface area contributed by atoms with Crippen molar-refractivity contribution in [2.24, 2.45) is 0 Å². The van der Waals surface area contributed by atoms with Crippen molar-refractivity contribution in [3.8, 4) is 17.6 Å². The molecule has 0 saturated heterocycles. The van der Waals surface area contributed by atoms with Crippen LogP contribution in [0.2, 0.25) is 0 Å². The molecule has 0 aliphatic heterocycles. The van der Waals surface area contributed by atoms with Crippen LogP contribution in [0.15, 0.2) is 54.1 Å². The molecule has 2 rings (SSSR count). The number of phenolic OH excluding ortho intramolecular Hbond substituents is 1. The van der Waals surface area contributed by atoms with E-state index in [9.17, 15) is 15.2 Å². The van der Waals surface area contributed by atoms with Crippen LogP contribution in [0.1, 0.15) is 12.5 Å². The first kappa shape index (κ1) is 16.1. The van der Waals surface area contributed by atoms with Crippen molar-refractivity contribution in [2.75, 3.05) is 11.9 Å². The van der Waals surface area contributed by atoms with E-state index < -0.39 is 5.91 Å². The van der Waals surface area contributed by atoms with Gasteiger partial charge in [0.25, 0.3) is 5.91 Å². The van der Waals surface area contributed by atoms with Gasteiger partial charge in [-0.2, -0.15) is 5.26 Å². The molecule has 2 aromatic carbocycles. The smallest absolute Gasteiger partial charge is 0.266 e. The summed E-state index contributed by atoms with van der Waals surface area (Å²) >= 11 is 0. The molecule has 2 aromatic rings. The molecule has 0 aliphatic carbocycles. The summed E-state index contributed by atoms with van der Waals surface area (Å²) in [6.45, 7) is 2.40. The predicted molar refractivity (Wildman–Crippen MR) is 87.9 cm³/mol. The highest BCUT2D eigenvalue weighted by Crippen LogP contribution is 2.19. The molecule has 0 saturated carbocycles. The van der Waals surface area contributed by atoms with Crippen molar-refractivity contribution in [1.82, 2.24) is 0 Å². The molecule has 2 N–H and O–H groups in total. The second-order valence-electron chi connectivity index (χ2n) is 4.68. The summed E-state index contributed by atoms with van der Waals surface area (Å²) in [5.74, 6) is 0.186. The Balaban J connectivity index is 2.18. The molecule has 0 bridgehead atoms. The van der Waals surface area contributed by atoms with Crippen LogP contribution in [0.25, 0.3) is 6.08 Å². The minimum atomic E-state index is -0.524. The highest BCUT2D eigenvalue weighted by atomic mass is 16.5. The van der Waals surface area contributed by atoms with E-state index in [1.165, 1.54) is 18.2 Å². The number of nitrogens with zero attached hydrogens (tertiary/aromatic N) is 1. The molecule has 23 heavy (non-hydrogen) atoms. The van der Waals surface area contributed by atoms with Crippen molar-refractivity contribution in [3.05, 3.63) is 59.7 Å². The van der Waals surface area contributed by atoms with Gasteiger partial charge in [-0.15, -0.1) is 0 Å². The summed E-state index contributed by atoms with van der Waals surface area (Å²) in [6, 6.07) is 15.1. The molecule has 1 amide bonds. The van der Waals surface area contributed by atoms with Crippen LogP contribution in [0, 0.1) is 11.3 Å². The number of carbonyl (C=O) groups is 1. The molecule has 0 heterocycles. The Kier molecular flexibility index (Phi) is 5.37. The molecule has 0 unspecified atom stereocenters. The molecule has 5 nitrogen and oxygen atoms in total. The lowest BCUT2D eigenvalue weighted by molar-refractivity contribution is -0.112. The monoisotopic (exact) mass is 308 g/mol. The zero-order chi connectivity index (χ0) is 16.7. The van der Waals surface area contributed by atoms with Gasteiger partial charge in [0.2, 0.25) is 0 Å². The molecule has 0 spiro atoms. The Morgan fingerprint density at radius 3 is 2.78 bits per heavy atom. The second-order valence-corrected chi connectivity index (χ2v) is 4.68.